The molecule has 21 heavy (non-hydrogen) atoms. The molecule has 116 valence electrons. The van der Waals surface area contributed by atoms with Crippen molar-refractivity contribution in [1.82, 2.24) is 0 Å². The molecule has 5 nitrogen and oxygen atoms in total. The zero-order valence-electron chi connectivity index (χ0n) is 12.9. The van der Waals surface area contributed by atoms with Gasteiger partial charge in [0.25, 0.3) is 10.1 Å². The number of hydrogen-bond acceptors (Lipinski definition) is 3. The number of ether oxygens (including phenoxy) is 1. The fourth-order valence-corrected chi connectivity index (χ4v) is 3.28. The van der Waals surface area contributed by atoms with Gasteiger partial charge < -0.3 is 4.74 Å². The van der Waals surface area contributed by atoms with Crippen LogP contribution in [0, 0.1) is 0 Å². The minimum Gasteiger partial charge on any atom is -0.497 e. The summed E-state index contributed by atoms with van der Waals surface area (Å²) in [6, 6.07) is 5.94. The van der Waals surface area contributed by atoms with Crippen LogP contribution in [0.2, 0.25) is 0 Å². The molecule has 0 unspecified atom stereocenters. The molecule has 0 amide bonds. The monoisotopic (exact) mass is 312 g/mol. The van der Waals surface area contributed by atoms with E-state index in [2.05, 4.69) is 25.3 Å². The Kier molecular flexibility index (Phi) is 4.13. The van der Waals surface area contributed by atoms with Crippen molar-refractivity contribution in [2.45, 2.75) is 32.6 Å². The molecule has 1 aromatic rings. The molecule has 1 aromatic carbocycles. The third-order valence-electron chi connectivity index (χ3n) is 4.26. The highest BCUT2D eigenvalue weighted by Gasteiger charge is 2.43. The second-order valence-corrected chi connectivity index (χ2v) is 7.46. The van der Waals surface area contributed by atoms with Crippen LogP contribution in [0.15, 0.2) is 18.2 Å². The standard InChI is InChI=1S/C15H21NO4S/c1-11-15(2,3)13-10-12(20-4)6-7-14(13)16(11)8-5-9-21(17,18)19/h6-7,10H,5,8-9H2,1-4H3/p+1. The Morgan fingerprint density at radius 1 is 1.33 bits per heavy atom. The van der Waals surface area contributed by atoms with E-state index >= 15 is 0 Å². The summed E-state index contributed by atoms with van der Waals surface area (Å²) >= 11 is 0. The van der Waals surface area contributed by atoms with E-state index in [0.717, 1.165) is 11.4 Å². The van der Waals surface area contributed by atoms with Gasteiger partial charge in [0.1, 0.15) is 12.3 Å². The van der Waals surface area contributed by atoms with Gasteiger partial charge in [-0.05, 0) is 26.0 Å². The van der Waals surface area contributed by atoms with Crippen molar-refractivity contribution in [1.29, 1.82) is 0 Å². The van der Waals surface area contributed by atoms with Crippen molar-refractivity contribution in [3.63, 3.8) is 0 Å². The first-order chi connectivity index (χ1) is 9.66. The average Bonchev–Trinajstić information content (AvgIpc) is 2.58. The van der Waals surface area contributed by atoms with Crippen LogP contribution in [0.3, 0.4) is 0 Å². The van der Waals surface area contributed by atoms with E-state index in [4.69, 9.17) is 9.29 Å². The van der Waals surface area contributed by atoms with Crippen molar-refractivity contribution in [2.24, 2.45) is 0 Å². The Labute approximate surface area is 126 Å². The van der Waals surface area contributed by atoms with Crippen LogP contribution in [-0.4, -0.2) is 42.7 Å². The molecule has 0 saturated carbocycles. The van der Waals surface area contributed by atoms with Crippen LogP contribution in [0.4, 0.5) is 5.69 Å². The fourth-order valence-electron chi connectivity index (χ4n) is 2.78. The number of hydrogen-bond donors (Lipinski definition) is 1. The lowest BCUT2D eigenvalue weighted by Gasteiger charge is -2.15. The van der Waals surface area contributed by atoms with E-state index in [1.54, 1.807) is 7.11 Å². The van der Waals surface area contributed by atoms with Crippen LogP contribution in [0.25, 0.3) is 0 Å². The first-order valence-electron chi connectivity index (χ1n) is 6.92. The van der Waals surface area contributed by atoms with Crippen molar-refractivity contribution in [3.05, 3.63) is 23.8 Å². The highest BCUT2D eigenvalue weighted by Crippen LogP contribution is 2.41. The van der Waals surface area contributed by atoms with Gasteiger partial charge in [-0.15, -0.1) is 0 Å². The molecule has 0 saturated heterocycles. The molecule has 0 spiro atoms. The van der Waals surface area contributed by atoms with E-state index in [1.807, 2.05) is 18.2 Å². The van der Waals surface area contributed by atoms with Gasteiger partial charge in [0, 0.05) is 25.0 Å². The zero-order chi connectivity index (χ0) is 15.8. The number of methoxy groups -OCH3 is 1. The smallest absolute Gasteiger partial charge is 0.265 e. The Hall–Kier alpha value is -1.40. The highest BCUT2D eigenvalue weighted by atomic mass is 32.2. The molecule has 1 heterocycles. The molecular weight excluding hydrogens is 290 g/mol. The molecule has 1 N–H and O–H groups in total. The first-order valence-corrected chi connectivity index (χ1v) is 8.53. The van der Waals surface area contributed by atoms with Crippen molar-refractivity contribution >= 4 is 21.5 Å². The molecular formula is C15H22NO4S+. The average molecular weight is 312 g/mol. The Morgan fingerprint density at radius 2 is 2.00 bits per heavy atom. The summed E-state index contributed by atoms with van der Waals surface area (Å²) in [6.07, 6.45) is 0.387. The number of fused-ring (bicyclic) bond motifs is 1. The van der Waals surface area contributed by atoms with Gasteiger partial charge >= 0.3 is 0 Å². The maximum atomic E-state index is 10.9. The maximum Gasteiger partial charge on any atom is 0.265 e. The fraction of sp³-hybridized carbons (Fsp3) is 0.533. The predicted octanol–water partition coefficient (Wildman–Crippen LogP) is 2.37. The summed E-state index contributed by atoms with van der Waals surface area (Å²) in [6.45, 7) is 6.90. The third-order valence-corrected chi connectivity index (χ3v) is 5.07. The summed E-state index contributed by atoms with van der Waals surface area (Å²) in [5, 5.41) is 0. The van der Waals surface area contributed by atoms with Crippen molar-refractivity contribution in [2.75, 3.05) is 19.4 Å². The van der Waals surface area contributed by atoms with E-state index in [1.165, 1.54) is 11.3 Å². The topological polar surface area (TPSA) is 66.6 Å². The summed E-state index contributed by atoms with van der Waals surface area (Å²) in [5.41, 5.74) is 3.29. The van der Waals surface area contributed by atoms with Crippen LogP contribution in [0.1, 0.15) is 32.8 Å². The minimum absolute atomic E-state index is 0.123. The van der Waals surface area contributed by atoms with Crippen molar-refractivity contribution in [3.8, 4) is 5.75 Å². The predicted molar refractivity (Wildman–Crippen MR) is 82.5 cm³/mol. The van der Waals surface area contributed by atoms with Crippen LogP contribution < -0.4 is 4.74 Å². The Morgan fingerprint density at radius 3 is 2.57 bits per heavy atom. The van der Waals surface area contributed by atoms with E-state index in [0.29, 0.717) is 13.0 Å². The third kappa shape index (κ3) is 3.11. The molecule has 2 rings (SSSR count). The number of nitrogens with zero attached hydrogens (tertiary/aromatic N) is 1. The van der Waals surface area contributed by atoms with Crippen LogP contribution in [0.5, 0.6) is 5.75 Å². The second kappa shape index (κ2) is 5.42. The van der Waals surface area contributed by atoms with Crippen LogP contribution >= 0.6 is 0 Å². The van der Waals surface area contributed by atoms with Gasteiger partial charge in [-0.3, -0.25) is 4.55 Å². The summed E-state index contributed by atoms with van der Waals surface area (Å²) < 4.78 is 38.0. The molecule has 0 atom stereocenters. The lowest BCUT2D eigenvalue weighted by Crippen LogP contribution is -2.27. The number of rotatable bonds is 5. The van der Waals surface area contributed by atoms with E-state index in [-0.39, 0.29) is 11.2 Å². The van der Waals surface area contributed by atoms with Crippen LogP contribution in [-0.2, 0) is 15.5 Å². The molecule has 0 fully saturated rings. The quantitative estimate of drug-likeness (QED) is 0.669. The lowest BCUT2D eigenvalue weighted by atomic mass is 9.82. The number of benzene rings is 1. The molecule has 1 aliphatic heterocycles. The molecule has 1 aliphatic rings. The summed E-state index contributed by atoms with van der Waals surface area (Å²) in [4.78, 5) is 0. The first kappa shape index (κ1) is 16.0. The SMILES string of the molecule is COc1ccc2c(c1)C(C)(C)C(C)=[N+]2CCCS(=O)(=O)O. The summed E-state index contributed by atoms with van der Waals surface area (Å²) in [7, 11) is -2.26. The largest absolute Gasteiger partial charge is 0.497 e. The van der Waals surface area contributed by atoms with Gasteiger partial charge in [0.05, 0.1) is 18.3 Å². The maximum absolute atomic E-state index is 10.9. The van der Waals surface area contributed by atoms with Gasteiger partial charge in [-0.25, -0.2) is 0 Å². The molecule has 0 bridgehead atoms. The van der Waals surface area contributed by atoms with Gasteiger partial charge in [0.15, 0.2) is 5.71 Å². The van der Waals surface area contributed by atoms with Gasteiger partial charge in [-0.1, -0.05) is 0 Å². The highest BCUT2D eigenvalue weighted by molar-refractivity contribution is 7.85. The lowest BCUT2D eigenvalue weighted by molar-refractivity contribution is -0.438. The normalized spacial score (nSPS) is 17.0. The van der Waals surface area contributed by atoms with Crippen molar-refractivity contribution < 1.29 is 22.3 Å². The summed E-state index contributed by atoms with van der Waals surface area (Å²) in [5.74, 6) is 0.595. The molecule has 0 radical (unpaired) electrons. The molecule has 0 aromatic heterocycles. The molecule has 0 aliphatic carbocycles. The minimum atomic E-state index is -3.91. The van der Waals surface area contributed by atoms with E-state index in [9.17, 15) is 8.42 Å². The Bertz CT molecular complexity index is 690. The zero-order valence-corrected chi connectivity index (χ0v) is 13.7. The van der Waals surface area contributed by atoms with Gasteiger partial charge in [-0.2, -0.15) is 13.0 Å². The second-order valence-electron chi connectivity index (χ2n) is 5.88. The Balaban J connectivity index is 2.32. The van der Waals surface area contributed by atoms with Gasteiger partial charge in [0.2, 0.25) is 5.69 Å². The van der Waals surface area contributed by atoms with E-state index < -0.39 is 10.1 Å². The molecule has 6 heteroatoms.